The summed E-state index contributed by atoms with van der Waals surface area (Å²) in [7, 11) is -4.13. The van der Waals surface area contributed by atoms with Gasteiger partial charge >= 0.3 is 10.2 Å². The van der Waals surface area contributed by atoms with Gasteiger partial charge in [0.2, 0.25) is 5.91 Å². The molecule has 1 aromatic carbocycles. The van der Waals surface area contributed by atoms with E-state index in [1.165, 1.54) is 24.3 Å². The Hall–Kier alpha value is -1.60. The molecule has 1 amide bonds. The molecular formula is C8H10N2O4S. The zero-order valence-corrected chi connectivity index (χ0v) is 8.73. The molecule has 0 bridgehead atoms. The molecule has 0 heterocycles. The Balaban J connectivity index is 3.23. The molecule has 0 saturated carbocycles. The van der Waals surface area contributed by atoms with Gasteiger partial charge in [0.05, 0.1) is 5.69 Å². The summed E-state index contributed by atoms with van der Waals surface area (Å²) < 4.78 is 22.6. The third-order valence-electron chi connectivity index (χ3n) is 1.62. The van der Waals surface area contributed by atoms with Gasteiger partial charge in [0.1, 0.15) is 5.75 Å². The Morgan fingerprint density at radius 1 is 1.33 bits per heavy atom. The summed E-state index contributed by atoms with van der Waals surface area (Å²) >= 11 is 0. The van der Waals surface area contributed by atoms with Crippen LogP contribution in [0.1, 0.15) is 6.92 Å². The van der Waals surface area contributed by atoms with Crippen molar-refractivity contribution in [2.45, 2.75) is 6.92 Å². The molecule has 0 aliphatic carbocycles. The molecule has 0 radical (unpaired) electrons. The first-order chi connectivity index (χ1) is 6.82. The highest BCUT2D eigenvalue weighted by Crippen LogP contribution is 2.19. The van der Waals surface area contributed by atoms with Crippen LogP contribution < -0.4 is 9.44 Å². The quantitative estimate of drug-likeness (QED) is 0.743. The van der Waals surface area contributed by atoms with E-state index in [9.17, 15) is 13.2 Å². The number of hydrogen-bond donors (Lipinski definition) is 2. The third-order valence-corrected chi connectivity index (χ3v) is 2.60. The van der Waals surface area contributed by atoms with E-state index in [-0.39, 0.29) is 11.4 Å². The summed E-state index contributed by atoms with van der Waals surface area (Å²) in [6, 6.07) is 5.08. The lowest BCUT2D eigenvalue weighted by molar-refractivity contribution is -0.115. The van der Waals surface area contributed by atoms with Crippen molar-refractivity contribution in [3.8, 4) is 5.75 Å². The van der Waals surface area contributed by atoms with Crippen molar-refractivity contribution in [1.82, 2.24) is 0 Å². The van der Waals surface area contributed by atoms with Gasteiger partial charge < -0.3 is 5.11 Å². The topological polar surface area (TPSA) is 101 Å². The fourth-order valence-electron chi connectivity index (χ4n) is 1.10. The van der Waals surface area contributed by atoms with E-state index in [1.807, 2.05) is 0 Å². The molecule has 1 aromatic rings. The fourth-order valence-corrected chi connectivity index (χ4v) is 1.87. The number of amides is 1. The molecule has 0 aliphatic rings. The molecule has 6 nitrogen and oxygen atoms in total. The van der Waals surface area contributed by atoms with E-state index in [0.29, 0.717) is 4.31 Å². The molecule has 82 valence electrons. The van der Waals surface area contributed by atoms with Crippen LogP contribution in [0.3, 0.4) is 0 Å². The number of rotatable bonds is 2. The van der Waals surface area contributed by atoms with Gasteiger partial charge in [0.15, 0.2) is 0 Å². The first-order valence-electron chi connectivity index (χ1n) is 3.95. The predicted molar refractivity (Wildman–Crippen MR) is 54.4 cm³/mol. The maximum atomic E-state index is 11.1. The number of carbonyl (C=O) groups is 1. The normalized spacial score (nSPS) is 11.1. The van der Waals surface area contributed by atoms with Crippen LogP contribution in [0.25, 0.3) is 0 Å². The van der Waals surface area contributed by atoms with E-state index in [2.05, 4.69) is 0 Å². The minimum Gasteiger partial charge on any atom is -0.508 e. The first-order valence-corrected chi connectivity index (χ1v) is 5.45. The number of nitrogens with two attached hydrogens (primary N) is 1. The van der Waals surface area contributed by atoms with E-state index >= 15 is 0 Å². The van der Waals surface area contributed by atoms with Gasteiger partial charge in [-0.2, -0.15) is 12.7 Å². The smallest absolute Gasteiger partial charge is 0.305 e. The number of hydrogen-bond acceptors (Lipinski definition) is 4. The van der Waals surface area contributed by atoms with Crippen LogP contribution in [0, 0.1) is 0 Å². The fraction of sp³-hybridized carbons (Fsp3) is 0.125. The highest BCUT2D eigenvalue weighted by molar-refractivity contribution is 7.91. The number of benzene rings is 1. The van der Waals surface area contributed by atoms with Crippen LogP contribution in [0.2, 0.25) is 0 Å². The molecule has 0 aromatic heterocycles. The molecule has 1 rings (SSSR count). The summed E-state index contributed by atoms with van der Waals surface area (Å²) in [6.07, 6.45) is 0. The minimum absolute atomic E-state index is 0.0309. The van der Waals surface area contributed by atoms with Crippen molar-refractivity contribution in [2.75, 3.05) is 4.31 Å². The highest BCUT2D eigenvalue weighted by atomic mass is 32.2. The Morgan fingerprint density at radius 3 is 2.13 bits per heavy atom. The second-order valence-electron chi connectivity index (χ2n) is 2.84. The Morgan fingerprint density at radius 2 is 1.80 bits per heavy atom. The summed E-state index contributed by atoms with van der Waals surface area (Å²) in [5, 5.41) is 13.9. The van der Waals surface area contributed by atoms with E-state index in [1.54, 1.807) is 0 Å². The second kappa shape index (κ2) is 3.87. The number of phenolic OH excluding ortho intramolecular Hbond substituents is 1. The zero-order chi connectivity index (χ0) is 11.6. The van der Waals surface area contributed by atoms with Crippen LogP contribution in [0.15, 0.2) is 24.3 Å². The van der Waals surface area contributed by atoms with Crippen LogP contribution >= 0.6 is 0 Å². The first kappa shape index (κ1) is 11.5. The molecule has 0 spiro atoms. The third kappa shape index (κ3) is 2.67. The molecule has 7 heteroatoms. The SMILES string of the molecule is CC(=O)N(c1ccc(O)cc1)S(N)(=O)=O. The van der Waals surface area contributed by atoms with Crippen molar-refractivity contribution < 1.29 is 18.3 Å². The molecule has 0 unspecified atom stereocenters. The Labute approximate surface area is 87.1 Å². The largest absolute Gasteiger partial charge is 0.508 e. The number of carbonyl (C=O) groups excluding carboxylic acids is 1. The van der Waals surface area contributed by atoms with Crippen LogP contribution in [0.5, 0.6) is 5.75 Å². The number of anilines is 1. The highest BCUT2D eigenvalue weighted by Gasteiger charge is 2.22. The van der Waals surface area contributed by atoms with Crippen molar-refractivity contribution in [1.29, 1.82) is 0 Å². The molecular weight excluding hydrogens is 220 g/mol. The zero-order valence-electron chi connectivity index (χ0n) is 7.91. The van der Waals surface area contributed by atoms with E-state index in [4.69, 9.17) is 10.2 Å². The maximum Gasteiger partial charge on any atom is 0.305 e. The van der Waals surface area contributed by atoms with E-state index < -0.39 is 16.1 Å². The van der Waals surface area contributed by atoms with Crippen LogP contribution in [-0.4, -0.2) is 19.4 Å². The minimum atomic E-state index is -4.13. The van der Waals surface area contributed by atoms with Gasteiger partial charge in [0, 0.05) is 6.92 Å². The van der Waals surface area contributed by atoms with Crippen molar-refractivity contribution in [3.05, 3.63) is 24.3 Å². The number of phenols is 1. The second-order valence-corrected chi connectivity index (χ2v) is 4.24. The predicted octanol–water partition coefficient (Wildman–Crippen LogP) is -0.0514. The molecule has 0 aliphatic heterocycles. The van der Waals surface area contributed by atoms with Crippen LogP contribution in [0.4, 0.5) is 5.69 Å². The summed E-state index contributed by atoms with van der Waals surface area (Å²) in [4.78, 5) is 11.1. The van der Waals surface area contributed by atoms with Gasteiger partial charge in [-0.15, -0.1) is 0 Å². The summed E-state index contributed by atoms with van der Waals surface area (Å²) in [6.45, 7) is 1.08. The average Bonchev–Trinajstić information content (AvgIpc) is 2.05. The van der Waals surface area contributed by atoms with Crippen molar-refractivity contribution in [2.24, 2.45) is 5.14 Å². The lowest BCUT2D eigenvalue weighted by Crippen LogP contribution is -2.40. The monoisotopic (exact) mass is 230 g/mol. The molecule has 0 fully saturated rings. The van der Waals surface area contributed by atoms with E-state index in [0.717, 1.165) is 6.92 Å². The number of nitrogens with zero attached hydrogens (tertiary/aromatic N) is 1. The van der Waals surface area contributed by atoms with Gasteiger partial charge in [-0.25, -0.2) is 5.14 Å². The lowest BCUT2D eigenvalue weighted by Gasteiger charge is -2.17. The average molecular weight is 230 g/mol. The van der Waals surface area contributed by atoms with Gasteiger partial charge in [-0.05, 0) is 24.3 Å². The molecule has 0 atom stereocenters. The van der Waals surface area contributed by atoms with Crippen molar-refractivity contribution >= 4 is 21.8 Å². The van der Waals surface area contributed by atoms with Crippen LogP contribution in [-0.2, 0) is 15.0 Å². The molecule has 3 N–H and O–H groups in total. The Kier molecular flexibility index (Phi) is 2.96. The van der Waals surface area contributed by atoms with Gasteiger partial charge in [-0.1, -0.05) is 0 Å². The maximum absolute atomic E-state index is 11.1. The van der Waals surface area contributed by atoms with Crippen molar-refractivity contribution in [3.63, 3.8) is 0 Å². The summed E-state index contributed by atoms with van der Waals surface area (Å²) in [5.41, 5.74) is 0.0859. The lowest BCUT2D eigenvalue weighted by atomic mass is 10.3. The van der Waals surface area contributed by atoms with Gasteiger partial charge in [-0.3, -0.25) is 4.79 Å². The Bertz CT molecular complexity index is 466. The molecule has 0 saturated heterocycles. The summed E-state index contributed by atoms with van der Waals surface area (Å²) in [5.74, 6) is -0.750. The molecule has 15 heavy (non-hydrogen) atoms. The number of aromatic hydroxyl groups is 1. The standard InChI is InChI=1S/C8H10N2O4S/c1-6(11)10(15(9,13)14)7-2-4-8(12)5-3-7/h2-5,12H,1H3,(H2,9,13,14). The van der Waals surface area contributed by atoms with Gasteiger partial charge in [0.25, 0.3) is 0 Å².